The molecule has 2 aromatic rings. The van der Waals surface area contributed by atoms with Crippen LogP contribution in [0.3, 0.4) is 0 Å². The van der Waals surface area contributed by atoms with Crippen LogP contribution >= 0.6 is 0 Å². The van der Waals surface area contributed by atoms with E-state index in [9.17, 15) is 18.0 Å². The lowest BCUT2D eigenvalue weighted by atomic mass is 9.92. The van der Waals surface area contributed by atoms with Crippen molar-refractivity contribution in [2.24, 2.45) is 0 Å². The summed E-state index contributed by atoms with van der Waals surface area (Å²) in [6.45, 7) is 1.83. The maximum absolute atomic E-state index is 12.8. The van der Waals surface area contributed by atoms with Crippen molar-refractivity contribution in [2.75, 3.05) is 14.2 Å². The fraction of sp³-hybridized carbons (Fsp3) is 0.353. The molecule has 3 nitrogen and oxygen atoms in total. The maximum atomic E-state index is 12.8. The topological polar surface area (TPSA) is 35.5 Å². The minimum atomic E-state index is -4.40. The third-order valence-electron chi connectivity index (χ3n) is 3.80. The van der Waals surface area contributed by atoms with Gasteiger partial charge < -0.3 is 9.47 Å². The van der Waals surface area contributed by atoms with E-state index in [2.05, 4.69) is 0 Å². The van der Waals surface area contributed by atoms with Gasteiger partial charge in [0.2, 0.25) is 0 Å². The number of ether oxygens (including phenoxy) is 2. The van der Waals surface area contributed by atoms with Gasteiger partial charge in [-0.2, -0.15) is 13.2 Å². The number of methoxy groups -OCH3 is 2. The zero-order valence-corrected chi connectivity index (χ0v) is 13.0. The SMILES string of the molecule is CCC(C(=O)OC)c1ccc2cc(C(F)(F)F)ccc2c1OC. The number of rotatable bonds is 4. The first kappa shape index (κ1) is 17.1. The molecule has 0 radical (unpaired) electrons. The second kappa shape index (κ2) is 6.48. The zero-order valence-electron chi connectivity index (χ0n) is 13.0. The molecule has 0 spiro atoms. The Balaban J connectivity index is 2.64. The molecule has 6 heteroatoms. The summed E-state index contributed by atoms with van der Waals surface area (Å²) < 4.78 is 48.6. The second-order valence-electron chi connectivity index (χ2n) is 5.11. The fourth-order valence-corrected chi connectivity index (χ4v) is 2.65. The van der Waals surface area contributed by atoms with E-state index < -0.39 is 23.6 Å². The van der Waals surface area contributed by atoms with Crippen LogP contribution in [0.1, 0.15) is 30.4 Å². The van der Waals surface area contributed by atoms with Crippen molar-refractivity contribution in [1.82, 2.24) is 0 Å². The standard InChI is InChI=1S/C17H17F3O3/c1-4-12(16(21)23-3)14-7-5-10-9-11(17(18,19)20)6-8-13(10)15(14)22-2/h5-9,12H,4H2,1-3H3. The molecule has 0 N–H and O–H groups in total. The Bertz CT molecular complexity index is 723. The van der Waals surface area contributed by atoms with Gasteiger partial charge in [0.05, 0.1) is 25.7 Å². The van der Waals surface area contributed by atoms with E-state index in [0.717, 1.165) is 12.1 Å². The minimum absolute atomic E-state index is 0.397. The Morgan fingerprint density at radius 1 is 1.17 bits per heavy atom. The first-order valence-electron chi connectivity index (χ1n) is 7.09. The van der Waals surface area contributed by atoms with Crippen LogP contribution in [0, 0.1) is 0 Å². The van der Waals surface area contributed by atoms with Crippen LogP contribution in [0.25, 0.3) is 10.8 Å². The molecule has 1 unspecified atom stereocenters. The lowest BCUT2D eigenvalue weighted by molar-refractivity contribution is -0.142. The Labute approximate surface area is 132 Å². The third kappa shape index (κ3) is 3.25. The van der Waals surface area contributed by atoms with Crippen LogP contribution in [-0.4, -0.2) is 20.2 Å². The highest BCUT2D eigenvalue weighted by Gasteiger charge is 2.31. The Morgan fingerprint density at radius 3 is 2.39 bits per heavy atom. The summed E-state index contributed by atoms with van der Waals surface area (Å²) in [5.74, 6) is -0.535. The van der Waals surface area contributed by atoms with Gasteiger partial charge in [0, 0.05) is 10.9 Å². The van der Waals surface area contributed by atoms with E-state index >= 15 is 0 Å². The van der Waals surface area contributed by atoms with Gasteiger partial charge in [0.25, 0.3) is 0 Å². The predicted molar refractivity (Wildman–Crippen MR) is 80.6 cm³/mol. The number of hydrogen-bond acceptors (Lipinski definition) is 3. The molecule has 2 rings (SSSR count). The molecule has 0 bridgehead atoms. The van der Waals surface area contributed by atoms with Crippen LogP contribution in [0.2, 0.25) is 0 Å². The minimum Gasteiger partial charge on any atom is -0.496 e. The maximum Gasteiger partial charge on any atom is 0.416 e. The van der Waals surface area contributed by atoms with Crippen LogP contribution in [-0.2, 0) is 15.7 Å². The van der Waals surface area contributed by atoms with Crippen molar-refractivity contribution in [3.8, 4) is 5.75 Å². The normalized spacial score (nSPS) is 13.0. The second-order valence-corrected chi connectivity index (χ2v) is 5.11. The van der Waals surface area contributed by atoms with E-state index in [0.29, 0.717) is 28.5 Å². The molecule has 0 aliphatic rings. The number of halogens is 3. The van der Waals surface area contributed by atoms with E-state index in [-0.39, 0.29) is 0 Å². The van der Waals surface area contributed by atoms with Gasteiger partial charge in [0.1, 0.15) is 5.75 Å². The molecular weight excluding hydrogens is 309 g/mol. The molecule has 0 saturated carbocycles. The zero-order chi connectivity index (χ0) is 17.2. The van der Waals surface area contributed by atoms with Crippen molar-refractivity contribution in [1.29, 1.82) is 0 Å². The quantitative estimate of drug-likeness (QED) is 0.774. The molecule has 0 aromatic heterocycles. The van der Waals surface area contributed by atoms with Crippen molar-refractivity contribution in [3.63, 3.8) is 0 Å². The Morgan fingerprint density at radius 2 is 1.87 bits per heavy atom. The van der Waals surface area contributed by atoms with Gasteiger partial charge in [-0.05, 0) is 23.9 Å². The highest BCUT2D eigenvalue weighted by Crippen LogP contribution is 2.38. The fourth-order valence-electron chi connectivity index (χ4n) is 2.65. The lowest BCUT2D eigenvalue weighted by Crippen LogP contribution is -2.14. The lowest BCUT2D eigenvalue weighted by Gasteiger charge is -2.18. The number of alkyl halides is 3. The Hall–Kier alpha value is -2.24. The number of benzene rings is 2. The first-order chi connectivity index (χ1) is 10.8. The molecule has 0 saturated heterocycles. The highest BCUT2D eigenvalue weighted by atomic mass is 19.4. The van der Waals surface area contributed by atoms with Gasteiger partial charge in [-0.1, -0.05) is 25.1 Å². The molecular formula is C17H17F3O3. The molecule has 0 amide bonds. The average molecular weight is 326 g/mol. The number of esters is 1. The van der Waals surface area contributed by atoms with E-state index in [1.54, 1.807) is 12.1 Å². The smallest absolute Gasteiger partial charge is 0.416 e. The molecule has 0 fully saturated rings. The number of carbonyl (C=O) groups excluding carboxylic acids is 1. The van der Waals surface area contributed by atoms with Crippen LogP contribution in [0.5, 0.6) is 5.75 Å². The van der Waals surface area contributed by atoms with Gasteiger partial charge in [-0.15, -0.1) is 0 Å². The summed E-state index contributed by atoms with van der Waals surface area (Å²) in [5.41, 5.74) is -0.117. The molecule has 124 valence electrons. The summed E-state index contributed by atoms with van der Waals surface area (Å²) in [6.07, 6.45) is -3.91. The van der Waals surface area contributed by atoms with Crippen molar-refractivity contribution in [3.05, 3.63) is 41.5 Å². The summed E-state index contributed by atoms with van der Waals surface area (Å²) in [6, 6.07) is 6.62. The first-order valence-corrected chi connectivity index (χ1v) is 7.09. The molecule has 2 aromatic carbocycles. The monoisotopic (exact) mass is 326 g/mol. The molecule has 23 heavy (non-hydrogen) atoms. The van der Waals surface area contributed by atoms with Crippen molar-refractivity contribution < 1.29 is 27.4 Å². The Kier molecular flexibility index (Phi) is 4.82. The van der Waals surface area contributed by atoms with Crippen molar-refractivity contribution >= 4 is 16.7 Å². The average Bonchev–Trinajstić information content (AvgIpc) is 2.53. The van der Waals surface area contributed by atoms with E-state index in [1.807, 2.05) is 6.92 Å². The number of fused-ring (bicyclic) bond motifs is 1. The van der Waals surface area contributed by atoms with Gasteiger partial charge in [-0.25, -0.2) is 0 Å². The molecule has 0 heterocycles. The van der Waals surface area contributed by atoms with E-state index in [4.69, 9.17) is 9.47 Å². The summed E-state index contributed by atoms with van der Waals surface area (Å²) in [7, 11) is 2.73. The molecule has 0 aliphatic heterocycles. The van der Waals surface area contributed by atoms with E-state index in [1.165, 1.54) is 20.3 Å². The van der Waals surface area contributed by atoms with Gasteiger partial charge in [-0.3, -0.25) is 4.79 Å². The van der Waals surface area contributed by atoms with Crippen LogP contribution in [0.4, 0.5) is 13.2 Å². The third-order valence-corrected chi connectivity index (χ3v) is 3.80. The summed E-state index contributed by atoms with van der Waals surface area (Å²) in [5, 5.41) is 0.931. The van der Waals surface area contributed by atoms with Crippen molar-refractivity contribution in [2.45, 2.75) is 25.4 Å². The number of carbonyl (C=O) groups is 1. The summed E-state index contributed by atoms with van der Waals surface area (Å²) >= 11 is 0. The molecule has 1 atom stereocenters. The summed E-state index contributed by atoms with van der Waals surface area (Å²) in [4.78, 5) is 11.9. The van der Waals surface area contributed by atoms with Gasteiger partial charge >= 0.3 is 12.1 Å². The van der Waals surface area contributed by atoms with Crippen LogP contribution in [0.15, 0.2) is 30.3 Å². The predicted octanol–water partition coefficient (Wildman–Crippen LogP) is 4.53. The number of hydrogen-bond donors (Lipinski definition) is 0. The largest absolute Gasteiger partial charge is 0.496 e. The highest BCUT2D eigenvalue weighted by molar-refractivity contribution is 5.92. The molecule has 0 aliphatic carbocycles. The van der Waals surface area contributed by atoms with Gasteiger partial charge in [0.15, 0.2) is 0 Å². The van der Waals surface area contributed by atoms with Crippen LogP contribution < -0.4 is 4.74 Å².